The highest BCUT2D eigenvalue weighted by Crippen LogP contribution is 2.41. The van der Waals surface area contributed by atoms with Gasteiger partial charge >= 0.3 is 0 Å². The Morgan fingerprint density at radius 3 is 2.72 bits per heavy atom. The van der Waals surface area contributed by atoms with E-state index in [0.29, 0.717) is 21.6 Å². The molecule has 1 aromatic heterocycles. The van der Waals surface area contributed by atoms with Crippen molar-refractivity contribution < 1.29 is 9.53 Å². The number of carbonyl (C=O) groups excluding carboxylic acids is 1. The molecule has 5 rings (SSSR count). The summed E-state index contributed by atoms with van der Waals surface area (Å²) in [5, 5.41) is 4.89. The van der Waals surface area contributed by atoms with Crippen molar-refractivity contribution in [2.45, 2.75) is 38.3 Å². The van der Waals surface area contributed by atoms with Gasteiger partial charge in [-0.25, -0.2) is 0 Å². The van der Waals surface area contributed by atoms with Crippen LogP contribution >= 0.6 is 22.9 Å². The van der Waals surface area contributed by atoms with E-state index in [1.165, 1.54) is 24.2 Å². The fraction of sp³-hybridized carbons (Fsp3) is 0.526. The van der Waals surface area contributed by atoms with Gasteiger partial charge in [0.25, 0.3) is 5.91 Å². The molecule has 0 saturated carbocycles. The van der Waals surface area contributed by atoms with Crippen molar-refractivity contribution in [1.82, 2.24) is 10.2 Å². The van der Waals surface area contributed by atoms with Crippen LogP contribution in [-0.4, -0.2) is 42.6 Å². The first kappa shape index (κ1) is 17.1. The van der Waals surface area contributed by atoms with E-state index >= 15 is 0 Å². The third-order valence-corrected chi connectivity index (χ3v) is 7.34. The first-order chi connectivity index (χ1) is 11.9. The van der Waals surface area contributed by atoms with Crippen molar-refractivity contribution in [3.8, 4) is 5.75 Å². The topological polar surface area (TPSA) is 41.6 Å². The number of amides is 1. The number of carbonyl (C=O) groups is 1. The van der Waals surface area contributed by atoms with Crippen LogP contribution in [0, 0.1) is 5.92 Å². The number of hydrogen-bond donors (Lipinski definition) is 1. The van der Waals surface area contributed by atoms with Crippen LogP contribution in [-0.2, 0) is 0 Å². The van der Waals surface area contributed by atoms with Crippen molar-refractivity contribution in [2.24, 2.45) is 5.92 Å². The number of halogens is 1. The molecule has 0 radical (unpaired) electrons. The van der Waals surface area contributed by atoms with Crippen LogP contribution in [0.3, 0.4) is 0 Å². The normalized spacial score (nSPS) is 27.4. The molecule has 2 bridgehead atoms. The van der Waals surface area contributed by atoms with Crippen LogP contribution in [0.2, 0.25) is 5.02 Å². The lowest BCUT2D eigenvalue weighted by Crippen LogP contribution is -2.69. The summed E-state index contributed by atoms with van der Waals surface area (Å²) >= 11 is 7.65. The Balaban J connectivity index is 1.62. The number of piperidine rings is 3. The van der Waals surface area contributed by atoms with Gasteiger partial charge in [-0.15, -0.1) is 11.3 Å². The van der Waals surface area contributed by atoms with Crippen molar-refractivity contribution in [3.05, 3.63) is 28.1 Å². The fourth-order valence-electron chi connectivity index (χ4n) is 4.44. The third kappa shape index (κ3) is 2.73. The molecule has 6 heteroatoms. The molecule has 3 aliphatic rings. The van der Waals surface area contributed by atoms with Gasteiger partial charge in [0.2, 0.25) is 0 Å². The average molecular weight is 379 g/mol. The zero-order valence-corrected chi connectivity index (χ0v) is 16.3. The van der Waals surface area contributed by atoms with Crippen LogP contribution in [0.1, 0.15) is 36.4 Å². The van der Waals surface area contributed by atoms with Crippen molar-refractivity contribution in [2.75, 3.05) is 20.2 Å². The van der Waals surface area contributed by atoms with Gasteiger partial charge in [-0.05, 0) is 63.2 Å². The van der Waals surface area contributed by atoms with E-state index in [-0.39, 0.29) is 17.5 Å². The molecule has 2 aromatic rings. The molecule has 134 valence electrons. The maximum absolute atomic E-state index is 12.9. The summed E-state index contributed by atoms with van der Waals surface area (Å²) in [6, 6.07) is 5.88. The Labute approximate surface area is 157 Å². The highest BCUT2D eigenvalue weighted by Gasteiger charge is 2.48. The largest absolute Gasteiger partial charge is 0.494 e. The zero-order valence-electron chi connectivity index (χ0n) is 14.8. The number of methoxy groups -OCH3 is 1. The first-order valence-corrected chi connectivity index (χ1v) is 9.93. The van der Waals surface area contributed by atoms with Crippen molar-refractivity contribution >= 4 is 38.9 Å². The van der Waals surface area contributed by atoms with Gasteiger partial charge in [0.15, 0.2) is 5.75 Å². The van der Waals surface area contributed by atoms with E-state index in [2.05, 4.69) is 24.1 Å². The molecule has 3 fully saturated rings. The van der Waals surface area contributed by atoms with Gasteiger partial charge in [0, 0.05) is 11.6 Å². The van der Waals surface area contributed by atoms with Crippen molar-refractivity contribution in [3.63, 3.8) is 0 Å². The first-order valence-electron chi connectivity index (χ1n) is 8.74. The minimum absolute atomic E-state index is 0.00574. The number of ether oxygens (including phenoxy) is 1. The fourth-order valence-corrected chi connectivity index (χ4v) is 5.82. The molecular weight excluding hydrogens is 356 g/mol. The molecule has 1 unspecified atom stereocenters. The number of benzene rings is 1. The summed E-state index contributed by atoms with van der Waals surface area (Å²) < 4.78 is 6.34. The number of nitrogens with one attached hydrogen (secondary N) is 1. The molecule has 4 heterocycles. The molecule has 1 N–H and O–H groups in total. The zero-order chi connectivity index (χ0) is 17.8. The van der Waals surface area contributed by atoms with E-state index in [1.54, 1.807) is 7.11 Å². The quantitative estimate of drug-likeness (QED) is 0.871. The van der Waals surface area contributed by atoms with Gasteiger partial charge in [0.1, 0.15) is 0 Å². The second kappa shape index (κ2) is 6.15. The second-order valence-corrected chi connectivity index (χ2v) is 9.00. The predicted octanol–water partition coefficient (Wildman–Crippen LogP) is 4.17. The lowest BCUT2D eigenvalue weighted by atomic mass is 9.72. The Hall–Kier alpha value is -1.30. The molecule has 1 atom stereocenters. The third-order valence-electron chi connectivity index (χ3n) is 5.89. The van der Waals surface area contributed by atoms with Crippen molar-refractivity contribution in [1.29, 1.82) is 0 Å². The molecule has 3 saturated heterocycles. The molecule has 0 aliphatic carbocycles. The van der Waals surface area contributed by atoms with Gasteiger partial charge in [-0.2, -0.15) is 0 Å². The molecule has 25 heavy (non-hydrogen) atoms. The average Bonchev–Trinajstić information content (AvgIpc) is 3.02. The summed E-state index contributed by atoms with van der Waals surface area (Å²) in [4.78, 5) is 16.2. The van der Waals surface area contributed by atoms with E-state index in [1.807, 2.05) is 18.2 Å². The van der Waals surface area contributed by atoms with Gasteiger partial charge in [0.05, 0.1) is 21.7 Å². The molecule has 1 aromatic carbocycles. The van der Waals surface area contributed by atoms with Gasteiger partial charge in [-0.1, -0.05) is 17.7 Å². The maximum Gasteiger partial charge on any atom is 0.261 e. The molecule has 4 nitrogen and oxygen atoms in total. The van der Waals surface area contributed by atoms with E-state index in [0.717, 1.165) is 23.2 Å². The summed E-state index contributed by atoms with van der Waals surface area (Å²) in [5.41, 5.74) is 0.00844. The summed E-state index contributed by atoms with van der Waals surface area (Å²) in [6.45, 7) is 6.78. The Bertz CT molecular complexity index is 824. The van der Waals surface area contributed by atoms with Crippen LogP contribution in [0.25, 0.3) is 10.1 Å². The number of rotatable bonds is 3. The molecule has 0 spiro atoms. The number of nitrogens with zero attached hydrogens (tertiary/aromatic N) is 1. The highest BCUT2D eigenvalue weighted by atomic mass is 35.5. The van der Waals surface area contributed by atoms with E-state index in [4.69, 9.17) is 16.3 Å². The lowest BCUT2D eigenvalue weighted by Gasteiger charge is -2.56. The van der Waals surface area contributed by atoms with Gasteiger partial charge < -0.3 is 10.1 Å². The SMILES string of the molecule is COc1c(Cl)ccc2cc(C(=O)NC3C4CCN(CC4)C3(C)C)sc12. The second-order valence-electron chi connectivity index (χ2n) is 7.54. The van der Waals surface area contributed by atoms with Crippen LogP contribution in [0.15, 0.2) is 18.2 Å². The monoisotopic (exact) mass is 378 g/mol. The Morgan fingerprint density at radius 2 is 2.08 bits per heavy atom. The number of hydrogen-bond acceptors (Lipinski definition) is 4. The minimum atomic E-state index is 0.00574. The maximum atomic E-state index is 12.9. The van der Waals surface area contributed by atoms with E-state index in [9.17, 15) is 4.79 Å². The summed E-state index contributed by atoms with van der Waals surface area (Å²) in [6.07, 6.45) is 2.34. The molecule has 1 amide bonds. The Morgan fingerprint density at radius 1 is 1.36 bits per heavy atom. The minimum Gasteiger partial charge on any atom is -0.494 e. The van der Waals surface area contributed by atoms with E-state index < -0.39 is 0 Å². The summed E-state index contributed by atoms with van der Waals surface area (Å²) in [5.74, 6) is 1.22. The molecular formula is C19H23ClN2O2S. The highest BCUT2D eigenvalue weighted by molar-refractivity contribution is 7.21. The smallest absolute Gasteiger partial charge is 0.261 e. The Kier molecular flexibility index (Phi) is 4.21. The lowest BCUT2D eigenvalue weighted by molar-refractivity contribution is -0.0377. The standard InChI is InChI=1S/C19H23ClN2O2S/c1-19(2)17(11-6-8-22(19)9-7-11)21-18(23)14-10-12-4-5-13(20)15(24-3)16(12)25-14/h4-5,10-11,17H,6-9H2,1-3H3,(H,21,23). The van der Waals surface area contributed by atoms with Crippen LogP contribution in [0.5, 0.6) is 5.75 Å². The molecule has 3 aliphatic heterocycles. The predicted molar refractivity (Wildman–Crippen MR) is 103 cm³/mol. The number of thiophene rings is 1. The van der Waals surface area contributed by atoms with Crippen LogP contribution < -0.4 is 10.1 Å². The summed E-state index contributed by atoms with van der Waals surface area (Å²) in [7, 11) is 1.61. The van der Waals surface area contributed by atoms with Gasteiger partial charge in [-0.3, -0.25) is 9.69 Å². The number of fused-ring (bicyclic) bond motifs is 4. The van der Waals surface area contributed by atoms with Crippen LogP contribution in [0.4, 0.5) is 0 Å².